The largest absolute Gasteiger partial charge is 0.492 e. The van der Waals surface area contributed by atoms with Gasteiger partial charge in [-0.2, -0.15) is 4.80 Å². The lowest BCUT2D eigenvalue weighted by molar-refractivity contribution is -0.138. The second-order valence-corrected chi connectivity index (χ2v) is 8.04. The Morgan fingerprint density at radius 2 is 2.14 bits per heavy atom. The number of hydrogen-bond donors (Lipinski definition) is 1. The van der Waals surface area contributed by atoms with Crippen molar-refractivity contribution in [3.8, 4) is 21.6 Å². The molecule has 148 valence electrons. The molecule has 0 aliphatic rings. The van der Waals surface area contributed by atoms with Crippen LogP contribution in [0.5, 0.6) is 10.9 Å². The highest BCUT2D eigenvalue weighted by Gasteiger charge is 2.14. The van der Waals surface area contributed by atoms with E-state index in [1.165, 1.54) is 11.3 Å². The topological polar surface area (TPSA) is 112 Å². The Hall–Kier alpha value is -2.53. The summed E-state index contributed by atoms with van der Waals surface area (Å²) in [4.78, 5) is 16.5. The molecule has 9 nitrogen and oxygen atoms in total. The lowest BCUT2D eigenvalue weighted by Gasteiger charge is -2.14. The van der Waals surface area contributed by atoms with Crippen LogP contribution < -0.4 is 9.47 Å². The monoisotopic (exact) mass is 467 g/mol. The number of aryl methyl sites for hydroxylation is 1. The molecule has 1 atom stereocenters. The van der Waals surface area contributed by atoms with Crippen LogP contribution in [-0.2, 0) is 11.3 Å². The Kier molecular flexibility index (Phi) is 6.57. The highest BCUT2D eigenvalue weighted by molar-refractivity contribution is 9.10. The molecule has 0 aliphatic carbocycles. The zero-order valence-corrected chi connectivity index (χ0v) is 17.6. The maximum atomic E-state index is 10.7. The van der Waals surface area contributed by atoms with Crippen LogP contribution in [-0.4, -0.2) is 49.5 Å². The predicted molar refractivity (Wildman–Crippen MR) is 106 cm³/mol. The molecule has 2 heterocycles. The van der Waals surface area contributed by atoms with Gasteiger partial charge in [-0.25, -0.2) is 4.98 Å². The van der Waals surface area contributed by atoms with Crippen LogP contribution in [0.2, 0.25) is 0 Å². The van der Waals surface area contributed by atoms with Crippen LogP contribution in [0.4, 0.5) is 0 Å². The van der Waals surface area contributed by atoms with Gasteiger partial charge in [0.25, 0.3) is 5.19 Å². The van der Waals surface area contributed by atoms with Crippen molar-refractivity contribution >= 4 is 33.2 Å². The van der Waals surface area contributed by atoms with Crippen LogP contribution in [0.15, 0.2) is 28.9 Å². The fourth-order valence-corrected chi connectivity index (χ4v) is 3.23. The van der Waals surface area contributed by atoms with Crippen molar-refractivity contribution in [2.45, 2.75) is 20.4 Å². The summed E-state index contributed by atoms with van der Waals surface area (Å²) in [5, 5.41) is 20.8. The zero-order valence-electron chi connectivity index (χ0n) is 15.2. The highest BCUT2D eigenvalue weighted by Crippen LogP contribution is 2.28. The van der Waals surface area contributed by atoms with Gasteiger partial charge in [0.2, 0.25) is 5.82 Å². The molecule has 3 aromatic rings. The van der Waals surface area contributed by atoms with Crippen LogP contribution in [0.1, 0.15) is 12.5 Å². The van der Waals surface area contributed by atoms with Crippen molar-refractivity contribution in [3.05, 3.63) is 34.4 Å². The van der Waals surface area contributed by atoms with E-state index in [1.54, 1.807) is 6.20 Å². The minimum Gasteiger partial charge on any atom is -0.492 e. The van der Waals surface area contributed by atoms with E-state index in [0.717, 1.165) is 20.6 Å². The first-order chi connectivity index (χ1) is 13.4. The average Bonchev–Trinajstić information content (AvgIpc) is 3.29. The van der Waals surface area contributed by atoms with Gasteiger partial charge in [-0.05, 0) is 45.8 Å². The molecule has 1 aromatic carbocycles. The molecule has 0 fully saturated rings. The maximum Gasteiger partial charge on any atom is 0.327 e. The van der Waals surface area contributed by atoms with Crippen LogP contribution in [0.25, 0.3) is 10.7 Å². The van der Waals surface area contributed by atoms with E-state index in [-0.39, 0.29) is 12.5 Å². The smallest absolute Gasteiger partial charge is 0.327 e. The van der Waals surface area contributed by atoms with Crippen molar-refractivity contribution in [1.29, 1.82) is 0 Å². The molecule has 0 unspecified atom stereocenters. The Morgan fingerprint density at radius 1 is 1.36 bits per heavy atom. The summed E-state index contributed by atoms with van der Waals surface area (Å²) in [6.45, 7) is 4.64. The van der Waals surface area contributed by atoms with Gasteiger partial charge in [-0.3, -0.25) is 4.79 Å². The molecule has 0 aliphatic heterocycles. The van der Waals surface area contributed by atoms with E-state index in [9.17, 15) is 4.79 Å². The lowest BCUT2D eigenvalue weighted by atomic mass is 10.2. The SMILES string of the molecule is Cc1ccc(Br)c(OC[C@@H](C)COc2ncc(-c3nnn(CC(=O)O)n3)s2)c1. The first-order valence-electron chi connectivity index (χ1n) is 8.38. The Labute approximate surface area is 173 Å². The van der Waals surface area contributed by atoms with E-state index >= 15 is 0 Å². The second-order valence-electron chi connectivity index (χ2n) is 6.19. The van der Waals surface area contributed by atoms with Crippen LogP contribution >= 0.6 is 27.3 Å². The van der Waals surface area contributed by atoms with Crippen molar-refractivity contribution in [2.75, 3.05) is 13.2 Å². The molecular weight excluding hydrogens is 450 g/mol. The lowest BCUT2D eigenvalue weighted by Crippen LogP contribution is -2.16. The number of benzene rings is 1. The fourth-order valence-electron chi connectivity index (χ4n) is 2.17. The molecule has 1 N–H and O–H groups in total. The van der Waals surface area contributed by atoms with Gasteiger partial charge in [0, 0.05) is 5.92 Å². The number of aliphatic carboxylic acids is 1. The molecule has 0 saturated carbocycles. The number of carboxylic acids is 1. The van der Waals surface area contributed by atoms with Crippen LogP contribution in [0, 0.1) is 12.8 Å². The van der Waals surface area contributed by atoms with E-state index in [1.807, 2.05) is 32.0 Å². The molecule has 0 amide bonds. The summed E-state index contributed by atoms with van der Waals surface area (Å²) in [5.41, 5.74) is 1.13. The molecule has 11 heteroatoms. The zero-order chi connectivity index (χ0) is 20.1. The quantitative estimate of drug-likeness (QED) is 0.510. The molecule has 0 radical (unpaired) electrons. The minimum absolute atomic E-state index is 0.148. The number of aromatic nitrogens is 5. The van der Waals surface area contributed by atoms with E-state index in [2.05, 4.69) is 36.3 Å². The number of tetrazole rings is 1. The number of thiazole rings is 1. The molecule has 0 spiro atoms. The number of hydrogen-bond acceptors (Lipinski definition) is 8. The second kappa shape index (κ2) is 9.11. The van der Waals surface area contributed by atoms with Gasteiger partial charge >= 0.3 is 5.97 Å². The predicted octanol–water partition coefficient (Wildman–Crippen LogP) is 3.05. The minimum atomic E-state index is -1.04. The van der Waals surface area contributed by atoms with Crippen molar-refractivity contribution in [1.82, 2.24) is 25.2 Å². The number of nitrogens with zero attached hydrogens (tertiary/aromatic N) is 5. The normalized spacial score (nSPS) is 12.0. The maximum absolute atomic E-state index is 10.7. The summed E-state index contributed by atoms with van der Waals surface area (Å²) < 4.78 is 12.5. The third-order valence-electron chi connectivity index (χ3n) is 3.54. The van der Waals surface area contributed by atoms with Gasteiger partial charge in [0.1, 0.15) is 5.75 Å². The summed E-state index contributed by atoms with van der Waals surface area (Å²) >= 11 is 4.75. The van der Waals surface area contributed by atoms with E-state index in [0.29, 0.717) is 29.1 Å². The Bertz CT molecular complexity index is 961. The summed E-state index contributed by atoms with van der Waals surface area (Å²) in [5.74, 6) is 0.230. The highest BCUT2D eigenvalue weighted by atomic mass is 79.9. The summed E-state index contributed by atoms with van der Waals surface area (Å²) in [7, 11) is 0. The van der Waals surface area contributed by atoms with Gasteiger partial charge in [-0.15, -0.1) is 10.2 Å². The third kappa shape index (κ3) is 5.49. The number of ether oxygens (including phenoxy) is 2. The third-order valence-corrected chi connectivity index (χ3v) is 5.10. The molecular formula is C17H18BrN5O4S. The molecule has 3 rings (SSSR count). The number of carboxylic acid groups (broad SMARTS) is 1. The average molecular weight is 468 g/mol. The van der Waals surface area contributed by atoms with Gasteiger partial charge in [-0.1, -0.05) is 24.3 Å². The Morgan fingerprint density at radius 3 is 2.93 bits per heavy atom. The standard InChI is InChI=1S/C17H18BrN5O4S/c1-10-3-4-12(18)13(5-10)26-8-11(2)9-27-17-19-6-14(28-17)16-20-22-23(21-16)7-15(24)25/h3-6,11H,7-9H2,1-2H3,(H,24,25)/t11-/m1/s1. The van der Waals surface area contributed by atoms with Gasteiger partial charge in [0.05, 0.1) is 28.8 Å². The van der Waals surface area contributed by atoms with E-state index in [4.69, 9.17) is 14.6 Å². The Balaban J connectivity index is 1.50. The van der Waals surface area contributed by atoms with Crippen molar-refractivity contribution < 1.29 is 19.4 Å². The number of halogens is 1. The fraction of sp³-hybridized carbons (Fsp3) is 0.353. The number of rotatable bonds is 9. The van der Waals surface area contributed by atoms with E-state index < -0.39 is 5.97 Å². The number of carbonyl (C=O) groups is 1. The summed E-state index contributed by atoms with van der Waals surface area (Å²) in [6, 6.07) is 5.96. The van der Waals surface area contributed by atoms with Crippen molar-refractivity contribution in [2.24, 2.45) is 5.92 Å². The molecule has 2 aromatic heterocycles. The molecule has 0 saturated heterocycles. The van der Waals surface area contributed by atoms with Gasteiger partial charge < -0.3 is 14.6 Å². The molecule has 28 heavy (non-hydrogen) atoms. The molecule has 0 bridgehead atoms. The first-order valence-corrected chi connectivity index (χ1v) is 9.99. The van der Waals surface area contributed by atoms with Gasteiger partial charge in [0.15, 0.2) is 6.54 Å². The summed E-state index contributed by atoms with van der Waals surface area (Å²) in [6.07, 6.45) is 1.58. The van der Waals surface area contributed by atoms with Crippen molar-refractivity contribution in [3.63, 3.8) is 0 Å². The first kappa shape index (κ1) is 20.2. The van der Waals surface area contributed by atoms with Crippen LogP contribution in [0.3, 0.4) is 0 Å².